The van der Waals surface area contributed by atoms with E-state index in [2.05, 4.69) is 6.58 Å². The van der Waals surface area contributed by atoms with E-state index in [1.165, 1.54) is 20.3 Å². The Bertz CT molecular complexity index is 498. The summed E-state index contributed by atoms with van der Waals surface area (Å²) >= 11 is 0. The Labute approximate surface area is 102 Å². The summed E-state index contributed by atoms with van der Waals surface area (Å²) in [6.45, 7) is 1.10. The first kappa shape index (κ1) is 7.74. The minimum atomic E-state index is -2.55. The van der Waals surface area contributed by atoms with Crippen molar-refractivity contribution in [3.05, 3.63) is 35.9 Å². The van der Waals surface area contributed by atoms with Crippen LogP contribution in [0.3, 0.4) is 0 Å². The van der Waals surface area contributed by atoms with Gasteiger partial charge >= 0.3 is 0 Å². The monoisotopic (exact) mass is 225 g/mol. The van der Waals surface area contributed by atoms with Crippen molar-refractivity contribution >= 4 is 0 Å². The SMILES string of the molecule is [2H]C([2H])(N)C([2H])([2H])c1cc(OC)c(CC=C)cc1OC. The topological polar surface area (TPSA) is 44.5 Å². The van der Waals surface area contributed by atoms with Crippen LogP contribution in [-0.2, 0) is 12.8 Å². The van der Waals surface area contributed by atoms with E-state index in [1.54, 1.807) is 12.1 Å². The van der Waals surface area contributed by atoms with Gasteiger partial charge < -0.3 is 15.2 Å². The van der Waals surface area contributed by atoms with Gasteiger partial charge in [-0.3, -0.25) is 0 Å². The molecular weight excluding hydrogens is 202 g/mol. The molecule has 2 N–H and O–H groups in total. The molecule has 0 heterocycles. The van der Waals surface area contributed by atoms with E-state index in [0.717, 1.165) is 5.56 Å². The molecule has 0 radical (unpaired) electrons. The number of hydrogen-bond acceptors (Lipinski definition) is 3. The van der Waals surface area contributed by atoms with Crippen LogP contribution in [0.5, 0.6) is 11.5 Å². The van der Waals surface area contributed by atoms with Crippen molar-refractivity contribution in [1.82, 2.24) is 0 Å². The maximum absolute atomic E-state index is 7.92. The summed E-state index contributed by atoms with van der Waals surface area (Å²) < 4.78 is 41.1. The number of ether oxygens (including phenoxy) is 2. The van der Waals surface area contributed by atoms with Gasteiger partial charge in [0.1, 0.15) is 11.5 Å². The van der Waals surface area contributed by atoms with Crippen LogP contribution in [0.1, 0.15) is 16.6 Å². The van der Waals surface area contributed by atoms with Crippen molar-refractivity contribution in [3.63, 3.8) is 0 Å². The van der Waals surface area contributed by atoms with Crippen LogP contribution in [0.2, 0.25) is 0 Å². The van der Waals surface area contributed by atoms with Crippen LogP contribution in [0, 0.1) is 0 Å². The minimum absolute atomic E-state index is 0.0113. The summed E-state index contributed by atoms with van der Waals surface area (Å²) in [5.74, 6) is 0.663. The van der Waals surface area contributed by atoms with Crippen LogP contribution >= 0.6 is 0 Å². The normalized spacial score (nSPS) is 15.4. The molecule has 1 rings (SSSR count). The van der Waals surface area contributed by atoms with E-state index >= 15 is 0 Å². The van der Waals surface area contributed by atoms with E-state index in [-0.39, 0.29) is 11.3 Å². The van der Waals surface area contributed by atoms with Crippen LogP contribution in [0.15, 0.2) is 24.8 Å². The van der Waals surface area contributed by atoms with Crippen molar-refractivity contribution in [1.29, 1.82) is 0 Å². The third kappa shape index (κ3) is 2.76. The molecule has 88 valence electrons. The lowest BCUT2D eigenvalue weighted by atomic mass is 10.0. The lowest BCUT2D eigenvalue weighted by molar-refractivity contribution is 0.395. The molecule has 16 heavy (non-hydrogen) atoms. The fourth-order valence-corrected chi connectivity index (χ4v) is 1.45. The first-order chi connectivity index (χ1) is 9.18. The number of nitrogens with two attached hydrogens (primary N) is 1. The van der Waals surface area contributed by atoms with Gasteiger partial charge in [-0.05, 0) is 37.0 Å². The molecule has 1 aromatic carbocycles. The van der Waals surface area contributed by atoms with Crippen molar-refractivity contribution < 1.29 is 15.0 Å². The number of hydrogen-bond donors (Lipinski definition) is 1. The van der Waals surface area contributed by atoms with E-state index in [4.69, 9.17) is 20.7 Å². The Kier molecular flexibility index (Phi) is 2.99. The van der Waals surface area contributed by atoms with Crippen molar-refractivity contribution in [2.75, 3.05) is 20.7 Å². The van der Waals surface area contributed by atoms with Gasteiger partial charge in [-0.1, -0.05) is 6.08 Å². The maximum Gasteiger partial charge on any atom is 0.122 e. The van der Waals surface area contributed by atoms with Gasteiger partial charge in [0, 0.05) is 11.0 Å². The van der Waals surface area contributed by atoms with Crippen molar-refractivity contribution in [3.8, 4) is 11.5 Å². The molecule has 0 aliphatic heterocycles. The van der Waals surface area contributed by atoms with Crippen LogP contribution < -0.4 is 15.2 Å². The molecule has 0 atom stereocenters. The third-order valence-electron chi connectivity index (χ3n) is 2.17. The van der Waals surface area contributed by atoms with Crippen molar-refractivity contribution in [2.24, 2.45) is 5.73 Å². The lowest BCUT2D eigenvalue weighted by Gasteiger charge is -2.13. The summed E-state index contributed by atoms with van der Waals surface area (Å²) in [7, 11) is 2.86. The molecule has 0 aliphatic rings. The molecule has 0 aliphatic carbocycles. The molecular formula is C13H19NO2. The van der Waals surface area contributed by atoms with Crippen LogP contribution in [-0.4, -0.2) is 20.7 Å². The van der Waals surface area contributed by atoms with Gasteiger partial charge in [-0.2, -0.15) is 0 Å². The Hall–Kier alpha value is -1.48. The highest BCUT2D eigenvalue weighted by Gasteiger charge is 2.09. The zero-order valence-electron chi connectivity index (χ0n) is 13.5. The lowest BCUT2D eigenvalue weighted by Crippen LogP contribution is -2.05. The summed E-state index contributed by atoms with van der Waals surface area (Å²) in [4.78, 5) is 0. The molecule has 3 nitrogen and oxygen atoms in total. The Morgan fingerprint density at radius 3 is 2.38 bits per heavy atom. The first-order valence-electron chi connectivity index (χ1n) is 6.84. The highest BCUT2D eigenvalue weighted by molar-refractivity contribution is 5.47. The van der Waals surface area contributed by atoms with Gasteiger partial charge in [0.05, 0.1) is 14.2 Å². The zero-order valence-corrected chi connectivity index (χ0v) is 9.54. The molecule has 0 spiro atoms. The maximum atomic E-state index is 7.92. The average Bonchev–Trinajstić information content (AvgIpc) is 2.37. The minimum Gasteiger partial charge on any atom is -0.496 e. The van der Waals surface area contributed by atoms with Crippen LogP contribution in [0.4, 0.5) is 0 Å². The molecule has 0 fully saturated rings. The summed E-state index contributed by atoms with van der Waals surface area (Å²) in [5, 5.41) is 0. The fraction of sp³-hybridized carbons (Fsp3) is 0.385. The summed E-state index contributed by atoms with van der Waals surface area (Å²) in [5.41, 5.74) is 6.09. The highest BCUT2D eigenvalue weighted by Crippen LogP contribution is 2.29. The van der Waals surface area contributed by atoms with E-state index in [1.807, 2.05) is 0 Å². The number of allylic oxidation sites excluding steroid dienone is 1. The van der Waals surface area contributed by atoms with Crippen LogP contribution in [0.25, 0.3) is 0 Å². The largest absolute Gasteiger partial charge is 0.496 e. The molecule has 0 bridgehead atoms. The highest BCUT2D eigenvalue weighted by atomic mass is 16.5. The van der Waals surface area contributed by atoms with Gasteiger partial charge in [-0.15, -0.1) is 6.58 Å². The standard InChI is InChI=1S/C13H19NO2/c1-4-5-10-8-13(16-3)11(6-7-14)9-12(10)15-2/h4,8-9H,1,5-7,14H2,2-3H3/i6D2,7D2. The predicted octanol–water partition coefficient (Wildman–Crippen LogP) is 1.93. The first-order valence-corrected chi connectivity index (χ1v) is 4.84. The van der Waals surface area contributed by atoms with Gasteiger partial charge in [0.25, 0.3) is 0 Å². The molecule has 1 aromatic rings. The fourth-order valence-electron chi connectivity index (χ4n) is 1.45. The molecule has 3 heteroatoms. The zero-order chi connectivity index (χ0) is 15.6. The molecule has 0 saturated heterocycles. The number of rotatable bonds is 6. The summed E-state index contributed by atoms with van der Waals surface area (Å²) in [6, 6.07) is 3.03. The molecule has 0 unspecified atom stereocenters. The van der Waals surface area contributed by atoms with Crippen molar-refractivity contribution in [2.45, 2.75) is 12.8 Å². The van der Waals surface area contributed by atoms with E-state index in [9.17, 15) is 0 Å². The second-order valence-corrected chi connectivity index (χ2v) is 3.13. The van der Waals surface area contributed by atoms with Gasteiger partial charge in [0.15, 0.2) is 0 Å². The summed E-state index contributed by atoms with van der Waals surface area (Å²) in [6.07, 6.45) is -0.204. The number of aryl methyl sites for hydroxylation is 1. The second-order valence-electron chi connectivity index (χ2n) is 3.13. The predicted molar refractivity (Wildman–Crippen MR) is 66.2 cm³/mol. The Morgan fingerprint density at radius 2 is 1.88 bits per heavy atom. The molecule has 0 amide bonds. The number of methoxy groups -OCH3 is 2. The second kappa shape index (κ2) is 6.18. The average molecular weight is 225 g/mol. The van der Waals surface area contributed by atoms with Gasteiger partial charge in [-0.25, -0.2) is 0 Å². The smallest absolute Gasteiger partial charge is 0.122 e. The van der Waals surface area contributed by atoms with E-state index < -0.39 is 12.9 Å². The third-order valence-corrected chi connectivity index (χ3v) is 2.17. The molecule has 0 aromatic heterocycles. The Morgan fingerprint density at radius 1 is 1.31 bits per heavy atom. The Balaban J connectivity index is 3.51. The number of benzene rings is 1. The quantitative estimate of drug-likeness (QED) is 0.752. The van der Waals surface area contributed by atoms with Gasteiger partial charge in [0.2, 0.25) is 0 Å². The molecule has 0 saturated carbocycles. The van der Waals surface area contributed by atoms with E-state index in [0.29, 0.717) is 12.2 Å².